The number of fused-ring (bicyclic) bond motifs is 3. The fraction of sp³-hybridized carbons (Fsp3) is 0.182. The molecule has 0 amide bonds. The molecule has 0 unspecified atom stereocenters. The summed E-state index contributed by atoms with van der Waals surface area (Å²) in [6, 6.07) is 24.1. The van der Waals surface area contributed by atoms with Crippen molar-refractivity contribution in [3.63, 3.8) is 0 Å². The summed E-state index contributed by atoms with van der Waals surface area (Å²) in [4.78, 5) is 0. The van der Waals surface area contributed by atoms with E-state index < -0.39 is 0 Å². The fourth-order valence-electron chi connectivity index (χ4n) is 3.53. The van der Waals surface area contributed by atoms with E-state index in [-0.39, 0.29) is 6.61 Å². The maximum atomic E-state index is 9.11. The quantitative estimate of drug-likeness (QED) is 0.392. The van der Waals surface area contributed by atoms with Crippen LogP contribution in [-0.2, 0) is 6.42 Å². The molecule has 4 rings (SSSR count). The van der Waals surface area contributed by atoms with E-state index in [1.54, 1.807) is 0 Å². The molecule has 23 heavy (non-hydrogen) atoms. The van der Waals surface area contributed by atoms with Gasteiger partial charge >= 0.3 is 0 Å². The molecule has 1 nitrogen and oxygen atoms in total. The Bertz CT molecular complexity index is 980. The topological polar surface area (TPSA) is 20.2 Å². The van der Waals surface area contributed by atoms with Crippen LogP contribution in [0.5, 0.6) is 0 Å². The molecule has 0 atom stereocenters. The third-order valence-electron chi connectivity index (χ3n) is 4.67. The van der Waals surface area contributed by atoms with E-state index in [1.807, 2.05) is 0 Å². The first-order valence-electron chi connectivity index (χ1n) is 8.31. The van der Waals surface area contributed by atoms with Crippen LogP contribution in [0.2, 0.25) is 0 Å². The van der Waals surface area contributed by atoms with E-state index in [4.69, 9.17) is 5.11 Å². The third-order valence-corrected chi connectivity index (χ3v) is 4.67. The Morgan fingerprint density at radius 1 is 0.609 bits per heavy atom. The largest absolute Gasteiger partial charge is 0.396 e. The maximum Gasteiger partial charge on any atom is 0.0431 e. The Morgan fingerprint density at radius 2 is 1.26 bits per heavy atom. The van der Waals surface area contributed by atoms with Crippen LogP contribution in [0.1, 0.15) is 18.4 Å². The fourth-order valence-corrected chi connectivity index (χ4v) is 3.53. The molecule has 0 heterocycles. The molecule has 0 saturated carbocycles. The van der Waals surface area contributed by atoms with Crippen LogP contribution in [0.15, 0.2) is 66.7 Å². The number of hydrogen-bond acceptors (Lipinski definition) is 1. The van der Waals surface area contributed by atoms with Gasteiger partial charge in [0.15, 0.2) is 0 Å². The molecular weight excluding hydrogens is 280 g/mol. The van der Waals surface area contributed by atoms with E-state index in [9.17, 15) is 0 Å². The Balaban J connectivity index is 2.02. The molecule has 4 aromatic carbocycles. The zero-order chi connectivity index (χ0) is 15.6. The van der Waals surface area contributed by atoms with Gasteiger partial charge in [0.1, 0.15) is 0 Å². The van der Waals surface area contributed by atoms with Crippen LogP contribution < -0.4 is 0 Å². The summed E-state index contributed by atoms with van der Waals surface area (Å²) in [5.74, 6) is 0. The van der Waals surface area contributed by atoms with Crippen molar-refractivity contribution in [2.45, 2.75) is 19.3 Å². The highest BCUT2D eigenvalue weighted by Crippen LogP contribution is 2.32. The Kier molecular flexibility index (Phi) is 3.72. The molecule has 0 saturated heterocycles. The summed E-state index contributed by atoms with van der Waals surface area (Å²) in [6.45, 7) is 0.269. The summed E-state index contributed by atoms with van der Waals surface area (Å²) in [7, 11) is 0. The molecule has 1 heteroatoms. The van der Waals surface area contributed by atoms with Crippen LogP contribution >= 0.6 is 0 Å². The molecule has 0 radical (unpaired) electrons. The highest BCUT2D eigenvalue weighted by molar-refractivity contribution is 6.07. The molecule has 0 aliphatic carbocycles. The van der Waals surface area contributed by atoms with Gasteiger partial charge in [-0.05, 0) is 75.3 Å². The normalized spacial score (nSPS) is 11.5. The van der Waals surface area contributed by atoms with E-state index in [1.165, 1.54) is 37.9 Å². The first-order chi connectivity index (χ1) is 11.4. The smallest absolute Gasteiger partial charge is 0.0431 e. The molecule has 0 bridgehead atoms. The molecule has 4 aromatic rings. The Labute approximate surface area is 136 Å². The second-order valence-electron chi connectivity index (χ2n) is 6.18. The minimum absolute atomic E-state index is 0.269. The highest BCUT2D eigenvalue weighted by atomic mass is 16.2. The predicted octanol–water partition coefficient (Wildman–Crippen LogP) is 5.46. The van der Waals surface area contributed by atoms with Crippen molar-refractivity contribution in [2.24, 2.45) is 0 Å². The zero-order valence-electron chi connectivity index (χ0n) is 13.1. The van der Waals surface area contributed by atoms with E-state index in [0.717, 1.165) is 19.3 Å². The van der Waals surface area contributed by atoms with Gasteiger partial charge in [-0.25, -0.2) is 0 Å². The minimum Gasteiger partial charge on any atom is -0.396 e. The minimum atomic E-state index is 0.269. The van der Waals surface area contributed by atoms with Crippen LogP contribution in [0.25, 0.3) is 32.3 Å². The summed E-state index contributed by atoms with van der Waals surface area (Å²) in [5, 5.41) is 17.0. The van der Waals surface area contributed by atoms with E-state index >= 15 is 0 Å². The molecule has 0 aliphatic heterocycles. The lowest BCUT2D eigenvalue weighted by Crippen LogP contribution is -1.93. The van der Waals surface area contributed by atoms with Crippen molar-refractivity contribution in [1.29, 1.82) is 0 Å². The first kappa shape index (κ1) is 14.2. The van der Waals surface area contributed by atoms with Crippen LogP contribution in [0.4, 0.5) is 0 Å². The lowest BCUT2D eigenvalue weighted by Gasteiger charge is -2.13. The number of rotatable bonds is 4. The van der Waals surface area contributed by atoms with Crippen LogP contribution in [0.3, 0.4) is 0 Å². The van der Waals surface area contributed by atoms with E-state index in [2.05, 4.69) is 66.7 Å². The number of aliphatic hydroxyl groups is 1. The van der Waals surface area contributed by atoms with Gasteiger partial charge in [-0.2, -0.15) is 0 Å². The second-order valence-corrected chi connectivity index (χ2v) is 6.18. The monoisotopic (exact) mass is 300 g/mol. The first-order valence-corrected chi connectivity index (χ1v) is 8.31. The highest BCUT2D eigenvalue weighted by Gasteiger charge is 2.08. The van der Waals surface area contributed by atoms with Gasteiger partial charge < -0.3 is 5.11 Å². The van der Waals surface area contributed by atoms with Gasteiger partial charge in [0, 0.05) is 6.61 Å². The molecule has 114 valence electrons. The SMILES string of the molecule is OCCCCc1c2ccccc2cc2cc3ccccc3cc12. The van der Waals surface area contributed by atoms with Gasteiger partial charge in [-0.1, -0.05) is 48.5 Å². The van der Waals surface area contributed by atoms with Gasteiger partial charge in [0.2, 0.25) is 0 Å². The van der Waals surface area contributed by atoms with Crippen molar-refractivity contribution in [1.82, 2.24) is 0 Å². The molecule has 0 spiro atoms. The van der Waals surface area contributed by atoms with Crippen LogP contribution in [0, 0.1) is 0 Å². The lowest BCUT2D eigenvalue weighted by atomic mass is 9.92. The summed E-state index contributed by atoms with van der Waals surface area (Å²) in [6.07, 6.45) is 2.89. The van der Waals surface area contributed by atoms with Gasteiger partial charge in [-0.3, -0.25) is 0 Å². The predicted molar refractivity (Wildman–Crippen MR) is 99.0 cm³/mol. The molecule has 0 aliphatic rings. The van der Waals surface area contributed by atoms with Gasteiger partial charge in [-0.15, -0.1) is 0 Å². The van der Waals surface area contributed by atoms with Crippen molar-refractivity contribution >= 4 is 32.3 Å². The van der Waals surface area contributed by atoms with Crippen LogP contribution in [-0.4, -0.2) is 11.7 Å². The van der Waals surface area contributed by atoms with Crippen molar-refractivity contribution in [3.05, 3.63) is 72.3 Å². The summed E-state index contributed by atoms with van der Waals surface area (Å²) in [5.41, 5.74) is 1.41. The van der Waals surface area contributed by atoms with Crippen molar-refractivity contribution in [2.75, 3.05) is 6.61 Å². The second kappa shape index (κ2) is 6.02. The molecule has 1 N–H and O–H groups in total. The molecule has 0 aromatic heterocycles. The average Bonchev–Trinajstić information content (AvgIpc) is 2.59. The number of aliphatic hydroxyl groups excluding tert-OH is 1. The van der Waals surface area contributed by atoms with Crippen molar-refractivity contribution < 1.29 is 5.11 Å². The van der Waals surface area contributed by atoms with Gasteiger partial charge in [0.05, 0.1) is 0 Å². The standard InChI is InChI=1S/C22H20O/c23-12-6-5-11-21-20-10-4-3-9-18(20)14-19-13-16-7-1-2-8-17(16)15-22(19)21/h1-4,7-10,13-15,23H,5-6,11-12H2. The summed E-state index contributed by atoms with van der Waals surface area (Å²) >= 11 is 0. The van der Waals surface area contributed by atoms with Gasteiger partial charge in [0.25, 0.3) is 0 Å². The lowest BCUT2D eigenvalue weighted by molar-refractivity contribution is 0.285. The Hall–Kier alpha value is -2.38. The Morgan fingerprint density at radius 3 is 2.04 bits per heavy atom. The molecule has 0 fully saturated rings. The number of unbranched alkanes of at least 4 members (excludes halogenated alkanes) is 1. The zero-order valence-corrected chi connectivity index (χ0v) is 13.1. The number of benzene rings is 4. The summed E-state index contributed by atoms with van der Waals surface area (Å²) < 4.78 is 0. The third kappa shape index (κ3) is 2.58. The van der Waals surface area contributed by atoms with Crippen molar-refractivity contribution in [3.8, 4) is 0 Å². The number of hydrogen-bond donors (Lipinski definition) is 1. The number of aryl methyl sites for hydroxylation is 1. The average molecular weight is 300 g/mol. The van der Waals surface area contributed by atoms with E-state index in [0.29, 0.717) is 0 Å². The maximum absolute atomic E-state index is 9.11. The molecular formula is C22H20O.